The van der Waals surface area contributed by atoms with Crippen LogP contribution in [0.2, 0.25) is 5.02 Å². The van der Waals surface area contributed by atoms with Crippen LogP contribution in [-0.2, 0) is 0 Å². The Balaban J connectivity index is 1.60. The maximum absolute atomic E-state index is 12.7. The first-order valence-electron chi connectivity index (χ1n) is 10.5. The number of hydrogen-bond donors (Lipinski definition) is 0. The number of hydrogen-bond acceptors (Lipinski definition) is 5. The second-order valence-electron chi connectivity index (χ2n) is 7.58. The molecule has 5 rings (SSSR count). The Labute approximate surface area is 205 Å². The van der Waals surface area contributed by atoms with Gasteiger partial charge in [-0.25, -0.2) is 4.98 Å². The van der Waals surface area contributed by atoms with Crippen LogP contribution in [0.15, 0.2) is 100 Å². The average Bonchev–Trinajstić information content (AvgIpc) is 3.32. The number of aromatic nitrogens is 1. The van der Waals surface area contributed by atoms with E-state index in [2.05, 4.69) is 6.07 Å². The van der Waals surface area contributed by atoms with Crippen molar-refractivity contribution in [3.63, 3.8) is 0 Å². The van der Waals surface area contributed by atoms with E-state index >= 15 is 0 Å². The van der Waals surface area contributed by atoms with Crippen LogP contribution in [0.25, 0.3) is 33.6 Å². The van der Waals surface area contributed by atoms with E-state index in [-0.39, 0.29) is 11.5 Å². The number of carbonyl (C=O) groups is 1. The smallest absolute Gasteiger partial charge is 0.173 e. The molecule has 0 aliphatic carbocycles. The van der Waals surface area contributed by atoms with Crippen molar-refractivity contribution in [2.24, 2.45) is 0 Å². The van der Waals surface area contributed by atoms with Gasteiger partial charge in [-0.3, -0.25) is 4.79 Å². The number of fused-ring (bicyclic) bond motifs is 1. The summed E-state index contributed by atoms with van der Waals surface area (Å²) >= 11 is 7.34. The van der Waals surface area contributed by atoms with Crippen molar-refractivity contribution in [2.45, 2.75) is 5.03 Å². The number of nitrogens with zero attached hydrogens (tertiary/aromatic N) is 2. The summed E-state index contributed by atoms with van der Waals surface area (Å²) in [6.07, 6.45) is 0. The minimum atomic E-state index is -0.0292. The third-order valence-corrected chi connectivity index (χ3v) is 6.59. The van der Waals surface area contributed by atoms with Gasteiger partial charge in [0.25, 0.3) is 0 Å². The quantitative estimate of drug-likeness (QED) is 0.184. The van der Waals surface area contributed by atoms with Crippen molar-refractivity contribution in [1.82, 2.24) is 4.98 Å². The lowest BCUT2D eigenvalue weighted by Gasteiger charge is -2.11. The van der Waals surface area contributed by atoms with Gasteiger partial charge in [0, 0.05) is 21.5 Å². The summed E-state index contributed by atoms with van der Waals surface area (Å²) in [4.78, 5) is 17.5. The Kier molecular flexibility index (Phi) is 6.18. The van der Waals surface area contributed by atoms with Crippen molar-refractivity contribution in [3.8, 4) is 28.7 Å². The molecule has 0 aliphatic heterocycles. The second-order valence-corrected chi connectivity index (χ2v) is 8.98. The zero-order chi connectivity index (χ0) is 23.5. The lowest BCUT2D eigenvalue weighted by atomic mass is 10.0. The van der Waals surface area contributed by atoms with E-state index in [1.54, 1.807) is 24.3 Å². The summed E-state index contributed by atoms with van der Waals surface area (Å²) in [6, 6.07) is 30.2. The average molecular weight is 481 g/mol. The Hall–Kier alpha value is -3.85. The molecule has 0 unspecified atom stereocenters. The van der Waals surface area contributed by atoms with Gasteiger partial charge in [-0.05, 0) is 35.9 Å². The Morgan fingerprint density at radius 2 is 1.71 bits per heavy atom. The molecule has 0 atom stereocenters. The molecule has 0 saturated heterocycles. The predicted octanol–water partition coefficient (Wildman–Crippen LogP) is 7.66. The third-order valence-electron chi connectivity index (χ3n) is 5.37. The molecule has 34 heavy (non-hydrogen) atoms. The van der Waals surface area contributed by atoms with E-state index in [1.165, 1.54) is 11.8 Å². The molecule has 0 radical (unpaired) electrons. The van der Waals surface area contributed by atoms with Crippen molar-refractivity contribution < 1.29 is 9.21 Å². The van der Waals surface area contributed by atoms with Crippen LogP contribution >= 0.6 is 23.4 Å². The van der Waals surface area contributed by atoms with Gasteiger partial charge in [0.1, 0.15) is 22.4 Å². The fraction of sp³-hybridized carbons (Fsp3) is 0.0357. The Bertz CT molecular complexity index is 1500. The number of Topliss-reactive ketones (excluding diaryl/α,β-unsaturated/α-hetero) is 1. The Morgan fingerprint density at radius 3 is 2.44 bits per heavy atom. The van der Waals surface area contributed by atoms with Gasteiger partial charge >= 0.3 is 0 Å². The van der Waals surface area contributed by atoms with Crippen LogP contribution < -0.4 is 0 Å². The molecule has 164 valence electrons. The number of rotatable bonds is 6. The maximum Gasteiger partial charge on any atom is 0.173 e. The van der Waals surface area contributed by atoms with Crippen molar-refractivity contribution in [2.75, 3.05) is 5.75 Å². The highest BCUT2D eigenvalue weighted by molar-refractivity contribution is 8.00. The van der Waals surface area contributed by atoms with Gasteiger partial charge in [0.15, 0.2) is 11.5 Å². The number of ketones is 1. The van der Waals surface area contributed by atoms with Crippen molar-refractivity contribution in [3.05, 3.63) is 107 Å². The summed E-state index contributed by atoms with van der Waals surface area (Å²) in [7, 11) is 0. The van der Waals surface area contributed by atoms with E-state index < -0.39 is 0 Å². The standard InChI is InChI=1S/C28H17ClN2O2S/c29-21-12-10-18(11-13-21)22-15-24(27-14-20-8-4-5-9-26(20)33-27)31-28(23(22)16-30)34-17-25(32)19-6-2-1-3-7-19/h1-15H,17H2. The van der Waals surface area contributed by atoms with Gasteiger partial charge in [0.2, 0.25) is 0 Å². The Morgan fingerprint density at radius 1 is 0.971 bits per heavy atom. The number of thioether (sulfide) groups is 1. The topological polar surface area (TPSA) is 66.9 Å². The highest BCUT2D eigenvalue weighted by Gasteiger charge is 2.19. The summed E-state index contributed by atoms with van der Waals surface area (Å²) in [6.45, 7) is 0. The number of para-hydroxylation sites is 1. The number of benzene rings is 3. The van der Waals surface area contributed by atoms with Crippen LogP contribution in [0.5, 0.6) is 0 Å². The molecular weight excluding hydrogens is 464 g/mol. The minimum Gasteiger partial charge on any atom is -0.454 e. The lowest BCUT2D eigenvalue weighted by Crippen LogP contribution is -2.03. The van der Waals surface area contributed by atoms with Crippen molar-refractivity contribution >= 4 is 40.1 Å². The number of carbonyl (C=O) groups excluding carboxylic acids is 1. The highest BCUT2D eigenvalue weighted by Crippen LogP contribution is 2.36. The zero-order valence-electron chi connectivity index (χ0n) is 17.9. The molecule has 0 bridgehead atoms. The minimum absolute atomic E-state index is 0.0292. The van der Waals surface area contributed by atoms with Crippen LogP contribution in [0, 0.1) is 11.3 Å². The predicted molar refractivity (Wildman–Crippen MR) is 136 cm³/mol. The number of pyridine rings is 1. The van der Waals surface area contributed by atoms with Crippen LogP contribution in [0.3, 0.4) is 0 Å². The summed E-state index contributed by atoms with van der Waals surface area (Å²) in [5.74, 6) is 0.727. The number of furan rings is 1. The van der Waals surface area contributed by atoms with Gasteiger partial charge in [-0.2, -0.15) is 5.26 Å². The van der Waals surface area contributed by atoms with E-state index in [4.69, 9.17) is 21.0 Å². The molecule has 0 N–H and O–H groups in total. The molecule has 2 heterocycles. The van der Waals surface area contributed by atoms with E-state index in [1.807, 2.05) is 66.7 Å². The molecule has 4 nitrogen and oxygen atoms in total. The van der Waals surface area contributed by atoms with Gasteiger partial charge in [-0.1, -0.05) is 84.0 Å². The first-order valence-corrected chi connectivity index (χ1v) is 11.9. The van der Waals surface area contributed by atoms with Crippen molar-refractivity contribution in [1.29, 1.82) is 5.26 Å². The van der Waals surface area contributed by atoms with E-state index in [0.29, 0.717) is 38.2 Å². The molecule has 6 heteroatoms. The van der Waals surface area contributed by atoms with Crippen LogP contribution in [0.4, 0.5) is 0 Å². The first kappa shape index (κ1) is 22.0. The largest absolute Gasteiger partial charge is 0.454 e. The molecular formula is C28H17ClN2O2S. The molecule has 3 aromatic carbocycles. The van der Waals surface area contributed by atoms with Crippen LogP contribution in [0.1, 0.15) is 15.9 Å². The first-order chi connectivity index (χ1) is 16.6. The summed E-state index contributed by atoms with van der Waals surface area (Å²) in [5.41, 5.74) is 3.92. The molecule has 0 spiro atoms. The van der Waals surface area contributed by atoms with E-state index in [9.17, 15) is 10.1 Å². The summed E-state index contributed by atoms with van der Waals surface area (Å²) < 4.78 is 6.04. The van der Waals surface area contributed by atoms with Gasteiger partial charge in [-0.15, -0.1) is 0 Å². The molecule has 0 aliphatic rings. The third kappa shape index (κ3) is 4.47. The fourth-order valence-electron chi connectivity index (χ4n) is 3.67. The number of nitriles is 1. The second kappa shape index (κ2) is 9.56. The SMILES string of the molecule is N#Cc1c(-c2ccc(Cl)cc2)cc(-c2cc3ccccc3o2)nc1SCC(=O)c1ccccc1. The maximum atomic E-state index is 12.7. The lowest BCUT2D eigenvalue weighted by molar-refractivity contribution is 0.102. The monoisotopic (exact) mass is 480 g/mol. The number of halogens is 1. The van der Waals surface area contributed by atoms with Crippen LogP contribution in [-0.4, -0.2) is 16.5 Å². The summed E-state index contributed by atoms with van der Waals surface area (Å²) in [5, 5.41) is 12.1. The van der Waals surface area contributed by atoms with E-state index in [0.717, 1.165) is 16.5 Å². The highest BCUT2D eigenvalue weighted by atomic mass is 35.5. The molecule has 0 amide bonds. The molecule has 0 fully saturated rings. The molecule has 5 aromatic rings. The zero-order valence-corrected chi connectivity index (χ0v) is 19.4. The molecule has 2 aromatic heterocycles. The normalized spacial score (nSPS) is 10.8. The van der Waals surface area contributed by atoms with Gasteiger partial charge < -0.3 is 4.42 Å². The fourth-order valence-corrected chi connectivity index (χ4v) is 4.69. The molecule has 0 saturated carbocycles. The van der Waals surface area contributed by atoms with Gasteiger partial charge in [0.05, 0.1) is 11.3 Å².